The van der Waals surface area contributed by atoms with Crippen molar-refractivity contribution in [3.05, 3.63) is 71.5 Å². The molecule has 0 spiro atoms. The van der Waals surface area contributed by atoms with Crippen molar-refractivity contribution in [3.8, 4) is 11.4 Å². The number of carbonyl (C=O) groups excluding carboxylic acids is 1. The van der Waals surface area contributed by atoms with Crippen LogP contribution in [0, 0.1) is 13.8 Å². The van der Waals surface area contributed by atoms with Crippen LogP contribution < -0.4 is 10.1 Å². The second-order valence-corrected chi connectivity index (χ2v) is 5.82. The van der Waals surface area contributed by atoms with Crippen LogP contribution in [-0.2, 0) is 0 Å². The van der Waals surface area contributed by atoms with Gasteiger partial charge in [-0.05, 0) is 50.2 Å². The number of benzene rings is 2. The van der Waals surface area contributed by atoms with Crippen LogP contribution in [0.1, 0.15) is 21.7 Å². The van der Waals surface area contributed by atoms with Gasteiger partial charge >= 0.3 is 6.36 Å². The predicted molar refractivity (Wildman–Crippen MR) is 94.1 cm³/mol. The third-order valence-corrected chi connectivity index (χ3v) is 3.86. The summed E-state index contributed by atoms with van der Waals surface area (Å²) in [4.78, 5) is 12.6. The summed E-state index contributed by atoms with van der Waals surface area (Å²) in [7, 11) is 0. The Morgan fingerprint density at radius 2 is 1.67 bits per heavy atom. The molecule has 0 atom stereocenters. The number of aryl methyl sites for hydroxylation is 1. The number of carbonyl (C=O) groups is 1. The van der Waals surface area contributed by atoms with E-state index in [-0.39, 0.29) is 5.75 Å². The molecule has 0 aliphatic heterocycles. The van der Waals surface area contributed by atoms with Gasteiger partial charge in [-0.2, -0.15) is 5.10 Å². The van der Waals surface area contributed by atoms with Crippen LogP contribution in [0.5, 0.6) is 5.75 Å². The first-order chi connectivity index (χ1) is 12.7. The highest BCUT2D eigenvalue weighted by Crippen LogP contribution is 2.25. The molecule has 8 heteroatoms. The molecule has 0 saturated heterocycles. The first-order valence-corrected chi connectivity index (χ1v) is 8.03. The molecule has 1 N–H and O–H groups in total. The van der Waals surface area contributed by atoms with E-state index in [2.05, 4.69) is 15.2 Å². The molecule has 0 radical (unpaired) electrons. The smallest absolute Gasteiger partial charge is 0.406 e. The van der Waals surface area contributed by atoms with Crippen LogP contribution in [0.3, 0.4) is 0 Å². The van der Waals surface area contributed by atoms with Crippen molar-refractivity contribution in [1.82, 2.24) is 9.78 Å². The van der Waals surface area contributed by atoms with Crippen LogP contribution >= 0.6 is 0 Å². The van der Waals surface area contributed by atoms with Gasteiger partial charge in [0, 0.05) is 5.69 Å². The van der Waals surface area contributed by atoms with Crippen molar-refractivity contribution in [1.29, 1.82) is 0 Å². The second kappa shape index (κ2) is 7.14. The van der Waals surface area contributed by atoms with Crippen molar-refractivity contribution in [2.45, 2.75) is 20.2 Å². The first-order valence-electron chi connectivity index (χ1n) is 8.03. The Hall–Kier alpha value is -3.29. The van der Waals surface area contributed by atoms with Gasteiger partial charge in [0.1, 0.15) is 5.75 Å². The summed E-state index contributed by atoms with van der Waals surface area (Å²) in [5, 5.41) is 7.07. The summed E-state index contributed by atoms with van der Waals surface area (Å²) in [6.45, 7) is 3.50. The molecule has 2 aromatic carbocycles. The Labute approximate surface area is 153 Å². The van der Waals surface area contributed by atoms with E-state index < -0.39 is 12.3 Å². The summed E-state index contributed by atoms with van der Waals surface area (Å²) in [6, 6.07) is 14.3. The quantitative estimate of drug-likeness (QED) is 0.723. The molecule has 0 bridgehead atoms. The monoisotopic (exact) mass is 375 g/mol. The van der Waals surface area contributed by atoms with Gasteiger partial charge in [0.2, 0.25) is 0 Å². The maximum absolute atomic E-state index is 12.6. The number of anilines is 1. The van der Waals surface area contributed by atoms with E-state index in [4.69, 9.17) is 0 Å². The standard InChI is InChI=1S/C19H16F3N3O2/c1-12-17(13(2)25(24-12)15-6-4-3-5-7-15)18(26)23-14-8-10-16(11-9-14)27-19(20,21)22/h3-11H,1-2H3,(H,23,26). The fourth-order valence-electron chi connectivity index (χ4n) is 2.73. The van der Waals surface area contributed by atoms with E-state index >= 15 is 0 Å². The number of alkyl halides is 3. The molecular formula is C19H16F3N3O2. The Morgan fingerprint density at radius 3 is 2.26 bits per heavy atom. The third-order valence-electron chi connectivity index (χ3n) is 3.86. The van der Waals surface area contributed by atoms with Crippen LogP contribution in [0.15, 0.2) is 54.6 Å². The fraction of sp³-hybridized carbons (Fsp3) is 0.158. The zero-order valence-electron chi connectivity index (χ0n) is 14.5. The predicted octanol–water partition coefficient (Wildman–Crippen LogP) is 4.64. The number of para-hydroxylation sites is 1. The fourth-order valence-corrected chi connectivity index (χ4v) is 2.73. The molecule has 0 fully saturated rings. The average Bonchev–Trinajstić information content (AvgIpc) is 2.90. The molecule has 140 valence electrons. The second-order valence-electron chi connectivity index (χ2n) is 5.82. The normalized spacial score (nSPS) is 11.3. The maximum Gasteiger partial charge on any atom is 0.573 e. The van der Waals surface area contributed by atoms with Gasteiger partial charge in [-0.15, -0.1) is 13.2 Å². The molecule has 0 unspecified atom stereocenters. The van der Waals surface area contributed by atoms with Crippen LogP contribution in [-0.4, -0.2) is 22.1 Å². The van der Waals surface area contributed by atoms with Crippen LogP contribution in [0.2, 0.25) is 0 Å². The Kier molecular flexibility index (Phi) is 4.89. The Bertz CT molecular complexity index is 949. The van der Waals surface area contributed by atoms with Crippen molar-refractivity contribution in [2.75, 3.05) is 5.32 Å². The van der Waals surface area contributed by atoms with Crippen molar-refractivity contribution < 1.29 is 22.7 Å². The average molecular weight is 375 g/mol. The molecule has 3 rings (SSSR count). The molecule has 0 aliphatic carbocycles. The number of halogens is 3. The lowest BCUT2D eigenvalue weighted by molar-refractivity contribution is -0.274. The lowest BCUT2D eigenvalue weighted by atomic mass is 10.1. The van der Waals surface area contributed by atoms with Crippen molar-refractivity contribution >= 4 is 11.6 Å². The number of nitrogens with one attached hydrogen (secondary N) is 1. The number of nitrogens with zero attached hydrogens (tertiary/aromatic N) is 2. The Morgan fingerprint density at radius 1 is 1.04 bits per heavy atom. The minimum atomic E-state index is -4.76. The van der Waals surface area contributed by atoms with E-state index in [0.29, 0.717) is 22.6 Å². The van der Waals surface area contributed by atoms with Gasteiger partial charge in [-0.1, -0.05) is 18.2 Å². The summed E-state index contributed by atoms with van der Waals surface area (Å²) in [5.41, 5.74) is 2.79. The van der Waals surface area contributed by atoms with E-state index in [0.717, 1.165) is 17.8 Å². The molecule has 1 amide bonds. The topological polar surface area (TPSA) is 56.2 Å². The molecule has 5 nitrogen and oxygen atoms in total. The molecule has 1 heterocycles. The molecule has 0 saturated carbocycles. The number of hydrogen-bond donors (Lipinski definition) is 1. The maximum atomic E-state index is 12.6. The first kappa shape index (κ1) is 18.5. The highest BCUT2D eigenvalue weighted by molar-refractivity contribution is 6.06. The summed E-state index contributed by atoms with van der Waals surface area (Å²) >= 11 is 0. The number of aromatic nitrogens is 2. The molecule has 1 aromatic heterocycles. The number of amides is 1. The highest BCUT2D eigenvalue weighted by atomic mass is 19.4. The molecule has 27 heavy (non-hydrogen) atoms. The van der Waals surface area contributed by atoms with Gasteiger partial charge < -0.3 is 10.1 Å². The minimum absolute atomic E-state index is 0.348. The Balaban J connectivity index is 1.80. The van der Waals surface area contributed by atoms with E-state index in [1.807, 2.05) is 30.3 Å². The van der Waals surface area contributed by atoms with E-state index in [9.17, 15) is 18.0 Å². The van der Waals surface area contributed by atoms with Crippen molar-refractivity contribution in [2.24, 2.45) is 0 Å². The van der Waals surface area contributed by atoms with Gasteiger partial charge in [-0.3, -0.25) is 4.79 Å². The number of ether oxygens (including phenoxy) is 1. The zero-order chi connectivity index (χ0) is 19.6. The minimum Gasteiger partial charge on any atom is -0.406 e. The molecule has 0 aliphatic rings. The highest BCUT2D eigenvalue weighted by Gasteiger charge is 2.31. The van der Waals surface area contributed by atoms with E-state index in [1.54, 1.807) is 18.5 Å². The largest absolute Gasteiger partial charge is 0.573 e. The molecular weight excluding hydrogens is 359 g/mol. The van der Waals surface area contributed by atoms with E-state index in [1.165, 1.54) is 12.1 Å². The lowest BCUT2D eigenvalue weighted by Gasteiger charge is -2.10. The summed E-state index contributed by atoms with van der Waals surface area (Å²) in [6.07, 6.45) is -4.76. The van der Waals surface area contributed by atoms with Gasteiger partial charge in [0.05, 0.1) is 22.6 Å². The van der Waals surface area contributed by atoms with Crippen molar-refractivity contribution in [3.63, 3.8) is 0 Å². The summed E-state index contributed by atoms with van der Waals surface area (Å²) < 4.78 is 42.1. The lowest BCUT2D eigenvalue weighted by Crippen LogP contribution is -2.17. The van der Waals surface area contributed by atoms with Gasteiger partial charge in [0.15, 0.2) is 0 Å². The third kappa shape index (κ3) is 4.28. The number of hydrogen-bond acceptors (Lipinski definition) is 3. The van der Waals surface area contributed by atoms with Gasteiger partial charge in [0.25, 0.3) is 5.91 Å². The zero-order valence-corrected chi connectivity index (χ0v) is 14.5. The van der Waals surface area contributed by atoms with Gasteiger partial charge in [-0.25, -0.2) is 4.68 Å². The van der Waals surface area contributed by atoms with Crippen LogP contribution in [0.4, 0.5) is 18.9 Å². The summed E-state index contributed by atoms with van der Waals surface area (Å²) in [5.74, 6) is -0.749. The number of rotatable bonds is 4. The SMILES string of the molecule is Cc1nn(-c2ccccc2)c(C)c1C(=O)Nc1ccc(OC(F)(F)F)cc1. The molecule has 3 aromatic rings. The van der Waals surface area contributed by atoms with Crippen LogP contribution in [0.25, 0.3) is 5.69 Å².